The molecule has 0 radical (unpaired) electrons. The summed E-state index contributed by atoms with van der Waals surface area (Å²) in [4.78, 5) is 16.4. The van der Waals surface area contributed by atoms with Gasteiger partial charge >= 0.3 is 0 Å². The Labute approximate surface area is 229 Å². The molecule has 39 heavy (non-hydrogen) atoms. The van der Waals surface area contributed by atoms with Gasteiger partial charge in [0.1, 0.15) is 5.78 Å². The van der Waals surface area contributed by atoms with Crippen molar-refractivity contribution < 1.29 is 21.6 Å². The molecule has 0 aliphatic rings. The minimum Gasteiger partial charge on any atom is -0.299 e. The highest BCUT2D eigenvalue weighted by Gasteiger charge is 2.20. The van der Waals surface area contributed by atoms with Crippen LogP contribution in [0.25, 0.3) is 11.1 Å². The number of rotatable bonds is 13. The number of aryl methyl sites for hydroxylation is 1. The van der Waals surface area contributed by atoms with Gasteiger partial charge in [-0.25, -0.2) is 21.6 Å². The van der Waals surface area contributed by atoms with Crippen LogP contribution < -0.4 is 9.44 Å². The smallest absolute Gasteiger partial charge is 0.241 e. The van der Waals surface area contributed by atoms with Crippen LogP contribution in [0.5, 0.6) is 0 Å². The predicted octanol–water partition coefficient (Wildman–Crippen LogP) is 4.21. The molecule has 1 aromatic heterocycles. The number of nitrogens with zero attached hydrogens (tertiary/aromatic N) is 1. The molecule has 8 nitrogen and oxygen atoms in total. The zero-order valence-corrected chi connectivity index (χ0v) is 22.8. The second kappa shape index (κ2) is 12.8. The Balaban J connectivity index is 1.29. The van der Waals surface area contributed by atoms with Gasteiger partial charge in [0, 0.05) is 43.0 Å². The topological polar surface area (TPSA) is 122 Å². The first-order valence-corrected chi connectivity index (χ1v) is 15.5. The number of anilines is 1. The van der Waals surface area contributed by atoms with Crippen molar-refractivity contribution in [1.82, 2.24) is 9.71 Å². The zero-order valence-electron chi connectivity index (χ0n) is 21.2. The lowest BCUT2D eigenvalue weighted by molar-refractivity contribution is -0.118. The summed E-state index contributed by atoms with van der Waals surface area (Å²) in [7, 11) is -7.78. The molecule has 1 heterocycles. The van der Waals surface area contributed by atoms with Crippen molar-refractivity contribution in [2.75, 3.05) is 17.0 Å². The molecule has 202 valence electrons. The zero-order chi connectivity index (χ0) is 27.7. The first kappa shape index (κ1) is 28.2. The lowest BCUT2D eigenvalue weighted by Gasteiger charge is -2.13. The Morgan fingerprint density at radius 2 is 1.49 bits per heavy atom. The maximum Gasteiger partial charge on any atom is 0.241 e. The fraction of sp³-hybridized carbons (Fsp3) is 0.172. The molecule has 2 N–H and O–H groups in total. The summed E-state index contributed by atoms with van der Waals surface area (Å²) < 4.78 is 56.0. The van der Waals surface area contributed by atoms with Crippen LogP contribution in [0.4, 0.5) is 5.69 Å². The van der Waals surface area contributed by atoms with Gasteiger partial charge in [0.2, 0.25) is 20.0 Å². The van der Waals surface area contributed by atoms with E-state index in [1.54, 1.807) is 54.9 Å². The molecule has 0 unspecified atom stereocenters. The Morgan fingerprint density at radius 3 is 2.21 bits per heavy atom. The summed E-state index contributed by atoms with van der Waals surface area (Å²) in [5, 5.41) is 0. The predicted molar refractivity (Wildman–Crippen MR) is 152 cm³/mol. The molecule has 4 rings (SSSR count). The van der Waals surface area contributed by atoms with Gasteiger partial charge in [-0.1, -0.05) is 66.7 Å². The van der Waals surface area contributed by atoms with E-state index < -0.39 is 25.8 Å². The number of carbonyl (C=O) groups is 1. The minimum atomic E-state index is -3.95. The molecule has 4 aromatic rings. The van der Waals surface area contributed by atoms with Crippen LogP contribution in [-0.4, -0.2) is 39.9 Å². The Morgan fingerprint density at radius 1 is 0.769 bits per heavy atom. The second-order valence-electron chi connectivity index (χ2n) is 8.95. The number of nitrogens with one attached hydrogen (secondary N) is 2. The Hall–Kier alpha value is -3.86. The molecular weight excluding hydrogens is 534 g/mol. The monoisotopic (exact) mass is 563 g/mol. The van der Waals surface area contributed by atoms with E-state index in [1.807, 2.05) is 42.5 Å². The third kappa shape index (κ3) is 8.31. The van der Waals surface area contributed by atoms with Gasteiger partial charge in [0.15, 0.2) is 0 Å². The van der Waals surface area contributed by atoms with E-state index in [9.17, 15) is 21.6 Å². The summed E-state index contributed by atoms with van der Waals surface area (Å²) in [5.41, 5.74) is 3.38. The van der Waals surface area contributed by atoms with E-state index in [0.717, 1.165) is 16.7 Å². The largest absolute Gasteiger partial charge is 0.299 e. The molecule has 3 aromatic carbocycles. The van der Waals surface area contributed by atoms with E-state index in [0.29, 0.717) is 24.1 Å². The third-order valence-electron chi connectivity index (χ3n) is 5.97. The summed E-state index contributed by atoms with van der Waals surface area (Å²) in [6.45, 7) is -0.301. The van der Waals surface area contributed by atoms with Crippen LogP contribution in [0.2, 0.25) is 0 Å². The van der Waals surface area contributed by atoms with Crippen molar-refractivity contribution in [1.29, 1.82) is 0 Å². The molecule has 0 aliphatic carbocycles. The van der Waals surface area contributed by atoms with Crippen LogP contribution >= 0.6 is 0 Å². The van der Waals surface area contributed by atoms with Crippen LogP contribution in [0.1, 0.15) is 17.5 Å². The number of ketones is 1. The number of hydrogen-bond acceptors (Lipinski definition) is 6. The summed E-state index contributed by atoms with van der Waals surface area (Å²) in [6, 6.07) is 26.0. The number of carbonyl (C=O) groups excluding carboxylic acids is 1. The molecule has 0 atom stereocenters. The average molecular weight is 564 g/mol. The maximum atomic E-state index is 13.0. The molecule has 0 amide bonds. The van der Waals surface area contributed by atoms with Crippen LogP contribution in [-0.2, 0) is 37.7 Å². The highest BCUT2D eigenvalue weighted by atomic mass is 32.2. The number of hydrogen-bond donors (Lipinski definition) is 2. The molecule has 10 heteroatoms. The third-order valence-corrected chi connectivity index (χ3v) is 8.78. The highest BCUT2D eigenvalue weighted by Crippen LogP contribution is 2.26. The van der Waals surface area contributed by atoms with E-state index in [1.165, 1.54) is 6.07 Å². The lowest BCUT2D eigenvalue weighted by Crippen LogP contribution is -2.31. The quantitative estimate of drug-likeness (QED) is 0.251. The fourth-order valence-corrected chi connectivity index (χ4v) is 6.37. The van der Waals surface area contributed by atoms with Crippen molar-refractivity contribution in [3.8, 4) is 11.1 Å². The van der Waals surface area contributed by atoms with Gasteiger partial charge in [-0.2, -0.15) is 0 Å². The summed E-state index contributed by atoms with van der Waals surface area (Å²) in [5.74, 6) is -0.373. The van der Waals surface area contributed by atoms with Crippen molar-refractivity contribution in [2.45, 2.75) is 24.2 Å². The first-order chi connectivity index (χ1) is 18.7. The molecule has 0 saturated heterocycles. The molecule has 0 bridgehead atoms. The van der Waals surface area contributed by atoms with Gasteiger partial charge in [0.05, 0.1) is 10.6 Å². The van der Waals surface area contributed by atoms with Crippen LogP contribution in [0.3, 0.4) is 0 Å². The summed E-state index contributed by atoms with van der Waals surface area (Å²) in [6.07, 6.45) is 4.69. The van der Waals surface area contributed by atoms with Crippen molar-refractivity contribution in [3.05, 3.63) is 115 Å². The lowest BCUT2D eigenvalue weighted by atomic mass is 10.0. The molecule has 0 fully saturated rings. The standard InChI is InChI=1S/C29H29N3O5S2/c33-27(17-14-24-7-6-18-30-22-24)21-23-12-15-26(16-13-23)32-38(34,35)20-19-31-39(36,37)29-11-5-4-10-28(29)25-8-2-1-3-9-25/h1-13,15-16,18,22,31-32H,14,17,19-21H2. The van der Waals surface area contributed by atoms with Gasteiger partial charge in [-0.15, -0.1) is 0 Å². The van der Waals surface area contributed by atoms with Crippen molar-refractivity contribution >= 4 is 31.5 Å². The fourth-order valence-electron chi connectivity index (χ4n) is 4.01. The van der Waals surface area contributed by atoms with Crippen molar-refractivity contribution in [2.24, 2.45) is 0 Å². The average Bonchev–Trinajstić information content (AvgIpc) is 2.94. The molecule has 0 saturated carbocycles. The van der Waals surface area contributed by atoms with Gasteiger partial charge in [-0.05, 0) is 47.4 Å². The highest BCUT2D eigenvalue weighted by molar-refractivity contribution is 7.92. The van der Waals surface area contributed by atoms with Crippen molar-refractivity contribution in [3.63, 3.8) is 0 Å². The van der Waals surface area contributed by atoms with Crippen LogP contribution in [0, 0.1) is 0 Å². The number of pyridine rings is 1. The van der Waals surface area contributed by atoms with Gasteiger partial charge in [-0.3, -0.25) is 14.5 Å². The summed E-state index contributed by atoms with van der Waals surface area (Å²) >= 11 is 0. The number of aromatic nitrogens is 1. The first-order valence-electron chi connectivity index (χ1n) is 12.4. The van der Waals surface area contributed by atoms with Gasteiger partial charge in [0.25, 0.3) is 0 Å². The van der Waals surface area contributed by atoms with Crippen LogP contribution in [0.15, 0.2) is 108 Å². The maximum absolute atomic E-state index is 13.0. The van der Waals surface area contributed by atoms with E-state index in [2.05, 4.69) is 14.4 Å². The molecule has 0 aliphatic heterocycles. The Bertz CT molecular complexity index is 1610. The van der Waals surface area contributed by atoms with Gasteiger partial charge < -0.3 is 0 Å². The number of sulfonamides is 2. The number of Topliss-reactive ketones (excluding diaryl/α,β-unsaturated/α-hetero) is 1. The van der Waals surface area contributed by atoms with E-state index >= 15 is 0 Å². The number of benzene rings is 3. The van der Waals surface area contributed by atoms with E-state index in [-0.39, 0.29) is 23.6 Å². The SMILES string of the molecule is O=C(CCc1cccnc1)Cc1ccc(NS(=O)(=O)CCNS(=O)(=O)c2ccccc2-c2ccccc2)cc1. The Kier molecular flexibility index (Phi) is 9.23. The second-order valence-corrected chi connectivity index (χ2v) is 12.5. The molecule has 0 spiro atoms. The molecular formula is C29H29N3O5S2. The normalized spacial score (nSPS) is 11.7. The van der Waals surface area contributed by atoms with E-state index in [4.69, 9.17) is 0 Å². The minimum absolute atomic E-state index is 0.0760.